The number of nitrogens with zero attached hydrogens (tertiary/aromatic N) is 2. The van der Waals surface area contributed by atoms with Crippen LogP contribution in [0.1, 0.15) is 37.4 Å². The Morgan fingerprint density at radius 2 is 1.54 bits per heavy atom. The molecule has 1 N–H and O–H groups in total. The Bertz CT molecular complexity index is 1410. The maximum atomic E-state index is 13.8. The molecule has 0 aliphatic heterocycles. The Morgan fingerprint density at radius 3 is 2.05 bits per heavy atom. The van der Waals surface area contributed by atoms with Crippen molar-refractivity contribution in [1.29, 1.82) is 0 Å². The molecule has 11 heteroatoms. The quantitative estimate of drug-likeness (QED) is 0.245. The summed E-state index contributed by atoms with van der Waals surface area (Å²) in [6.07, 6.45) is 0.623. The summed E-state index contributed by atoms with van der Waals surface area (Å²) in [6.45, 7) is 5.04. The van der Waals surface area contributed by atoms with Crippen molar-refractivity contribution >= 4 is 27.3 Å². The number of methoxy groups -OCH3 is 2. The molecule has 3 aromatic carbocycles. The van der Waals surface area contributed by atoms with Crippen molar-refractivity contribution in [2.24, 2.45) is 5.92 Å². The van der Waals surface area contributed by atoms with Gasteiger partial charge in [-0.1, -0.05) is 32.0 Å². The Labute approximate surface area is 228 Å². The molecule has 1 atom stereocenters. The molecule has 0 radical (unpaired) electrons. The minimum atomic E-state index is -4.36. The number of anilines is 1. The smallest absolute Gasteiger partial charge is 0.273 e. The summed E-state index contributed by atoms with van der Waals surface area (Å²) in [7, 11) is -1.31. The number of sulfonamides is 1. The van der Waals surface area contributed by atoms with Crippen molar-refractivity contribution in [3.63, 3.8) is 0 Å². The third-order valence-electron chi connectivity index (χ3n) is 6.17. The maximum Gasteiger partial charge on any atom is 0.273 e. The van der Waals surface area contributed by atoms with Crippen molar-refractivity contribution in [2.75, 3.05) is 25.1 Å². The van der Waals surface area contributed by atoms with Gasteiger partial charge in [0.1, 0.15) is 18.0 Å². The second kappa shape index (κ2) is 12.6. The molecule has 0 bridgehead atoms. The van der Waals surface area contributed by atoms with Gasteiger partial charge >= 0.3 is 0 Å². The van der Waals surface area contributed by atoms with Crippen LogP contribution in [0.5, 0.6) is 11.5 Å². The van der Waals surface area contributed by atoms with Gasteiger partial charge in [-0.05, 0) is 67.3 Å². The van der Waals surface area contributed by atoms with Crippen LogP contribution in [0.25, 0.3) is 0 Å². The van der Waals surface area contributed by atoms with E-state index in [1.54, 1.807) is 31.4 Å². The van der Waals surface area contributed by atoms with Crippen molar-refractivity contribution in [2.45, 2.75) is 38.1 Å². The number of hydrogen-bond donors (Lipinski definition) is 1. The lowest BCUT2D eigenvalue weighted by molar-refractivity contribution is -0.385. The van der Waals surface area contributed by atoms with Crippen LogP contribution >= 0.6 is 0 Å². The molecule has 0 heterocycles. The zero-order valence-corrected chi connectivity index (χ0v) is 23.4. The molecule has 0 aliphatic carbocycles. The summed E-state index contributed by atoms with van der Waals surface area (Å²) in [4.78, 5) is 23.9. The first-order valence-corrected chi connectivity index (χ1v) is 13.8. The molecule has 0 saturated heterocycles. The van der Waals surface area contributed by atoms with Gasteiger partial charge in [0, 0.05) is 11.6 Å². The van der Waals surface area contributed by atoms with Crippen LogP contribution in [0.4, 0.5) is 11.4 Å². The number of aryl methyl sites for hydroxylation is 1. The van der Waals surface area contributed by atoms with Crippen LogP contribution < -0.4 is 19.1 Å². The second-order valence-corrected chi connectivity index (χ2v) is 11.3. The Balaban J connectivity index is 1.98. The van der Waals surface area contributed by atoms with Crippen molar-refractivity contribution in [3.05, 3.63) is 88.0 Å². The van der Waals surface area contributed by atoms with E-state index in [4.69, 9.17) is 9.47 Å². The first-order valence-electron chi connectivity index (χ1n) is 12.3. The van der Waals surface area contributed by atoms with E-state index in [2.05, 4.69) is 5.32 Å². The molecule has 0 saturated carbocycles. The third kappa shape index (κ3) is 7.26. The van der Waals surface area contributed by atoms with Crippen molar-refractivity contribution in [1.82, 2.24) is 5.32 Å². The highest BCUT2D eigenvalue weighted by atomic mass is 32.2. The van der Waals surface area contributed by atoms with E-state index in [0.29, 0.717) is 23.5 Å². The lowest BCUT2D eigenvalue weighted by atomic mass is 9.97. The molecule has 1 unspecified atom stereocenters. The molecular formula is C28H33N3O7S. The number of carbonyl (C=O) groups excluding carboxylic acids is 1. The molecule has 0 fully saturated rings. The summed E-state index contributed by atoms with van der Waals surface area (Å²) in [6, 6.07) is 16.8. The lowest BCUT2D eigenvalue weighted by Gasteiger charge is -2.27. The monoisotopic (exact) mass is 555 g/mol. The van der Waals surface area contributed by atoms with Gasteiger partial charge in [0.25, 0.3) is 15.7 Å². The molecule has 0 aliphatic rings. The molecule has 208 valence electrons. The maximum absolute atomic E-state index is 13.8. The SMILES string of the molecule is COc1ccc(C(CC(C)C)NC(=O)CN(c2ccc(OC)cc2)S(=O)(=O)c2ccc(C)c([N+](=O)[O-])c2)cc1. The van der Waals surface area contributed by atoms with Crippen LogP contribution in [0.15, 0.2) is 71.6 Å². The molecule has 10 nitrogen and oxygen atoms in total. The normalized spacial score (nSPS) is 12.1. The van der Waals surface area contributed by atoms with Crippen LogP contribution in [-0.2, 0) is 14.8 Å². The van der Waals surface area contributed by atoms with E-state index in [9.17, 15) is 23.3 Å². The predicted molar refractivity (Wildman–Crippen MR) is 149 cm³/mol. The van der Waals surface area contributed by atoms with Crippen molar-refractivity contribution < 1.29 is 27.6 Å². The molecule has 0 spiro atoms. The fraction of sp³-hybridized carbons (Fsp3) is 0.321. The Hall–Kier alpha value is -4.12. The number of nitro groups is 1. The highest BCUT2D eigenvalue weighted by molar-refractivity contribution is 7.92. The number of carbonyl (C=O) groups is 1. The first kappa shape index (κ1) is 29.4. The zero-order chi connectivity index (χ0) is 28.7. The molecule has 3 rings (SSSR count). The van der Waals surface area contributed by atoms with Crippen LogP contribution in [-0.4, -0.2) is 40.0 Å². The molecule has 0 aromatic heterocycles. The third-order valence-corrected chi connectivity index (χ3v) is 7.94. The van der Waals surface area contributed by atoms with Crippen LogP contribution in [0, 0.1) is 23.0 Å². The second-order valence-electron chi connectivity index (χ2n) is 9.44. The molecular weight excluding hydrogens is 522 g/mol. The van der Waals surface area contributed by atoms with Gasteiger partial charge in [-0.3, -0.25) is 19.2 Å². The Kier molecular flexibility index (Phi) is 9.52. The average Bonchev–Trinajstić information content (AvgIpc) is 2.91. The number of hydrogen-bond acceptors (Lipinski definition) is 7. The first-order chi connectivity index (χ1) is 18.5. The van der Waals surface area contributed by atoms with Gasteiger partial charge in [-0.15, -0.1) is 0 Å². The van der Waals surface area contributed by atoms with Crippen molar-refractivity contribution in [3.8, 4) is 11.5 Å². The lowest BCUT2D eigenvalue weighted by Crippen LogP contribution is -2.42. The number of benzene rings is 3. The highest BCUT2D eigenvalue weighted by Gasteiger charge is 2.30. The summed E-state index contributed by atoms with van der Waals surface area (Å²) in [5.41, 5.74) is 1.06. The van der Waals surface area contributed by atoms with Crippen LogP contribution in [0.2, 0.25) is 0 Å². The standard InChI is InChI=1S/C28H33N3O7S/c1-19(2)16-26(21-7-11-23(37-4)12-8-21)29-28(32)18-30(22-9-13-24(38-5)14-10-22)39(35,36)25-15-6-20(3)27(17-25)31(33)34/h6-15,17,19,26H,16,18H2,1-5H3,(H,29,32). The minimum Gasteiger partial charge on any atom is -0.497 e. The van der Waals surface area contributed by atoms with Gasteiger partial charge in [-0.2, -0.15) is 0 Å². The summed E-state index contributed by atoms with van der Waals surface area (Å²) >= 11 is 0. The van der Waals surface area contributed by atoms with Gasteiger partial charge < -0.3 is 14.8 Å². The minimum absolute atomic E-state index is 0.207. The number of rotatable bonds is 12. The molecule has 39 heavy (non-hydrogen) atoms. The molecule has 3 aromatic rings. The van der Waals surface area contributed by atoms with Gasteiger partial charge in [0.15, 0.2) is 0 Å². The number of ether oxygens (including phenoxy) is 2. The van der Waals surface area contributed by atoms with Crippen LogP contribution in [0.3, 0.4) is 0 Å². The van der Waals surface area contributed by atoms with E-state index in [0.717, 1.165) is 15.9 Å². The van der Waals surface area contributed by atoms with Gasteiger partial charge in [0.05, 0.1) is 35.8 Å². The highest BCUT2D eigenvalue weighted by Crippen LogP contribution is 2.30. The topological polar surface area (TPSA) is 128 Å². The van der Waals surface area contributed by atoms with E-state index in [1.165, 1.54) is 38.3 Å². The van der Waals surface area contributed by atoms with E-state index in [-0.39, 0.29) is 28.2 Å². The summed E-state index contributed by atoms with van der Waals surface area (Å²) < 4.78 is 38.9. The Morgan fingerprint density at radius 1 is 0.974 bits per heavy atom. The summed E-state index contributed by atoms with van der Waals surface area (Å²) in [5, 5.41) is 14.5. The van der Waals surface area contributed by atoms with E-state index >= 15 is 0 Å². The van der Waals surface area contributed by atoms with Gasteiger partial charge in [0.2, 0.25) is 5.91 Å². The zero-order valence-electron chi connectivity index (χ0n) is 22.6. The van der Waals surface area contributed by atoms with E-state index in [1.807, 2.05) is 26.0 Å². The van der Waals surface area contributed by atoms with Gasteiger partial charge in [-0.25, -0.2) is 8.42 Å². The number of nitrogens with one attached hydrogen (secondary N) is 1. The summed E-state index contributed by atoms with van der Waals surface area (Å²) in [5.74, 6) is 0.893. The van der Waals surface area contributed by atoms with E-state index < -0.39 is 27.4 Å². The average molecular weight is 556 g/mol. The largest absolute Gasteiger partial charge is 0.497 e. The fourth-order valence-electron chi connectivity index (χ4n) is 4.09. The fourth-order valence-corrected chi connectivity index (χ4v) is 5.54. The number of amides is 1. The molecule has 1 amide bonds. The predicted octanol–water partition coefficient (Wildman–Crippen LogP) is 5.02. The number of nitro benzene ring substituents is 1.